The maximum Gasteiger partial charge on any atom is 0.208 e. The minimum absolute atomic E-state index is 0.156. The Bertz CT molecular complexity index is 493. The molecule has 70 valence electrons. The number of nitrogens with one attached hydrogen (secondary N) is 1. The standard InChI is InChI=1S/C10H9N3O/c1-13-4-2-3-8-9(14)7(5-11)6-12-10(8)13/h2-3,6H,4H2,1H3,(H,12,14). The van der Waals surface area contributed by atoms with E-state index in [9.17, 15) is 4.79 Å². The molecule has 0 unspecified atom stereocenters. The fourth-order valence-corrected chi connectivity index (χ4v) is 1.51. The van der Waals surface area contributed by atoms with Crippen molar-refractivity contribution in [2.75, 3.05) is 18.5 Å². The van der Waals surface area contributed by atoms with Crippen LogP contribution < -0.4 is 10.3 Å². The van der Waals surface area contributed by atoms with Crippen molar-refractivity contribution in [2.24, 2.45) is 0 Å². The molecule has 1 aliphatic heterocycles. The minimum atomic E-state index is -0.205. The maximum absolute atomic E-state index is 11.7. The van der Waals surface area contributed by atoms with Gasteiger partial charge in [-0.05, 0) is 6.08 Å². The van der Waals surface area contributed by atoms with Gasteiger partial charge in [-0.15, -0.1) is 0 Å². The Hall–Kier alpha value is -2.02. The van der Waals surface area contributed by atoms with E-state index in [4.69, 9.17) is 5.26 Å². The molecular weight excluding hydrogens is 178 g/mol. The largest absolute Gasteiger partial charge is 0.357 e. The van der Waals surface area contributed by atoms with Crippen LogP contribution in [-0.2, 0) is 0 Å². The van der Waals surface area contributed by atoms with E-state index in [2.05, 4.69) is 4.98 Å². The highest BCUT2D eigenvalue weighted by Gasteiger charge is 2.14. The van der Waals surface area contributed by atoms with Crippen molar-refractivity contribution in [2.45, 2.75) is 0 Å². The van der Waals surface area contributed by atoms with Crippen molar-refractivity contribution in [1.82, 2.24) is 4.98 Å². The summed E-state index contributed by atoms with van der Waals surface area (Å²) in [6.45, 7) is 0.773. The summed E-state index contributed by atoms with van der Waals surface area (Å²) in [6.07, 6.45) is 5.12. The summed E-state index contributed by atoms with van der Waals surface area (Å²) < 4.78 is 0. The van der Waals surface area contributed by atoms with Crippen LogP contribution in [0.3, 0.4) is 0 Å². The van der Waals surface area contributed by atoms with Crippen LogP contribution >= 0.6 is 0 Å². The first-order valence-electron chi connectivity index (χ1n) is 4.27. The molecule has 4 heteroatoms. The Balaban J connectivity index is 2.73. The highest BCUT2D eigenvalue weighted by Crippen LogP contribution is 2.18. The van der Waals surface area contributed by atoms with Crippen LogP contribution in [0.4, 0.5) is 5.82 Å². The minimum Gasteiger partial charge on any atom is -0.357 e. The quantitative estimate of drug-likeness (QED) is 0.650. The number of rotatable bonds is 0. The van der Waals surface area contributed by atoms with E-state index in [1.807, 2.05) is 24.1 Å². The van der Waals surface area contributed by atoms with Crippen LogP contribution in [0.5, 0.6) is 0 Å². The Morgan fingerprint density at radius 3 is 3.14 bits per heavy atom. The summed E-state index contributed by atoms with van der Waals surface area (Å²) in [7, 11) is 1.89. The molecule has 0 saturated heterocycles. The van der Waals surface area contributed by atoms with Gasteiger partial charge in [0.1, 0.15) is 17.5 Å². The fourth-order valence-electron chi connectivity index (χ4n) is 1.51. The summed E-state index contributed by atoms with van der Waals surface area (Å²) in [4.78, 5) is 16.5. The van der Waals surface area contributed by atoms with E-state index < -0.39 is 0 Å². The second kappa shape index (κ2) is 3.04. The topological polar surface area (TPSA) is 59.9 Å². The van der Waals surface area contributed by atoms with Gasteiger partial charge < -0.3 is 9.88 Å². The van der Waals surface area contributed by atoms with Gasteiger partial charge in [0.15, 0.2) is 0 Å². The lowest BCUT2D eigenvalue weighted by atomic mass is 10.1. The third kappa shape index (κ3) is 1.11. The molecule has 0 amide bonds. The van der Waals surface area contributed by atoms with Gasteiger partial charge in [0.2, 0.25) is 5.43 Å². The Morgan fingerprint density at radius 2 is 2.43 bits per heavy atom. The molecule has 4 nitrogen and oxygen atoms in total. The number of anilines is 1. The highest BCUT2D eigenvalue weighted by atomic mass is 16.1. The SMILES string of the molecule is CN1CC=Cc2c1[nH]cc(C#N)c2=O. The lowest BCUT2D eigenvalue weighted by Crippen LogP contribution is -2.26. The first-order valence-corrected chi connectivity index (χ1v) is 4.27. The number of likely N-dealkylation sites (N-methyl/N-ethyl adjacent to an activating group) is 1. The highest BCUT2D eigenvalue weighted by molar-refractivity contribution is 5.68. The zero-order valence-electron chi connectivity index (χ0n) is 7.74. The van der Waals surface area contributed by atoms with Crippen LogP contribution in [0.2, 0.25) is 0 Å². The third-order valence-corrected chi connectivity index (χ3v) is 2.26. The molecule has 1 aliphatic rings. The predicted octanol–water partition coefficient (Wildman–Crippen LogP) is 0.710. The number of hydrogen-bond donors (Lipinski definition) is 1. The normalized spacial score (nSPS) is 13.6. The zero-order chi connectivity index (χ0) is 10.1. The van der Waals surface area contributed by atoms with E-state index in [1.54, 1.807) is 6.08 Å². The van der Waals surface area contributed by atoms with Crippen molar-refractivity contribution in [1.29, 1.82) is 5.26 Å². The number of aromatic nitrogens is 1. The molecular formula is C10H9N3O. The fraction of sp³-hybridized carbons (Fsp3) is 0.200. The van der Waals surface area contributed by atoms with Crippen LogP contribution in [0, 0.1) is 11.3 Å². The molecule has 0 atom stereocenters. The molecule has 0 aliphatic carbocycles. The number of hydrogen-bond acceptors (Lipinski definition) is 3. The van der Waals surface area contributed by atoms with Gasteiger partial charge in [-0.1, -0.05) is 6.08 Å². The van der Waals surface area contributed by atoms with Gasteiger partial charge in [0.05, 0.1) is 5.56 Å². The average Bonchev–Trinajstić information content (AvgIpc) is 2.20. The zero-order valence-corrected chi connectivity index (χ0v) is 7.74. The number of pyridine rings is 1. The molecule has 0 bridgehead atoms. The van der Waals surface area contributed by atoms with Crippen LogP contribution in [0.25, 0.3) is 6.08 Å². The van der Waals surface area contributed by atoms with Crippen LogP contribution in [0.1, 0.15) is 11.1 Å². The van der Waals surface area contributed by atoms with Gasteiger partial charge in [-0.25, -0.2) is 0 Å². The summed E-state index contributed by atoms with van der Waals surface area (Å²) in [5.41, 5.74) is 0.519. The van der Waals surface area contributed by atoms with Gasteiger partial charge in [-0.2, -0.15) is 5.26 Å². The Kier molecular flexibility index (Phi) is 1.86. The van der Waals surface area contributed by atoms with Gasteiger partial charge in [-0.3, -0.25) is 4.79 Å². The lowest BCUT2D eigenvalue weighted by molar-refractivity contribution is 0.972. The molecule has 0 aromatic carbocycles. The maximum atomic E-state index is 11.7. The summed E-state index contributed by atoms with van der Waals surface area (Å²) in [6, 6.07) is 1.86. The second-order valence-corrected chi connectivity index (χ2v) is 3.19. The van der Waals surface area contributed by atoms with E-state index in [-0.39, 0.29) is 11.0 Å². The molecule has 0 saturated carbocycles. The average molecular weight is 187 g/mol. The smallest absolute Gasteiger partial charge is 0.208 e. The summed E-state index contributed by atoms with van der Waals surface area (Å²) in [5, 5.41) is 8.68. The van der Waals surface area contributed by atoms with Crippen molar-refractivity contribution in [3.8, 4) is 6.07 Å². The van der Waals surface area contributed by atoms with Crippen molar-refractivity contribution >= 4 is 11.9 Å². The Morgan fingerprint density at radius 1 is 1.64 bits per heavy atom. The molecule has 1 N–H and O–H groups in total. The molecule has 1 aromatic rings. The lowest BCUT2D eigenvalue weighted by Gasteiger charge is -2.22. The van der Waals surface area contributed by atoms with E-state index >= 15 is 0 Å². The van der Waals surface area contributed by atoms with E-state index in [1.165, 1.54) is 6.20 Å². The number of nitriles is 1. The van der Waals surface area contributed by atoms with E-state index in [0.29, 0.717) is 5.56 Å². The predicted molar refractivity (Wildman–Crippen MR) is 54.1 cm³/mol. The molecule has 2 heterocycles. The molecule has 2 rings (SSSR count). The van der Waals surface area contributed by atoms with Gasteiger partial charge in [0, 0.05) is 19.8 Å². The summed E-state index contributed by atoms with van der Waals surface area (Å²) in [5.74, 6) is 0.775. The molecule has 0 fully saturated rings. The molecule has 14 heavy (non-hydrogen) atoms. The Labute approximate surface area is 81.1 Å². The van der Waals surface area contributed by atoms with Crippen LogP contribution in [-0.4, -0.2) is 18.6 Å². The first kappa shape index (κ1) is 8.57. The number of nitrogens with zero attached hydrogens (tertiary/aromatic N) is 2. The van der Waals surface area contributed by atoms with Crippen molar-refractivity contribution in [3.63, 3.8) is 0 Å². The monoisotopic (exact) mass is 187 g/mol. The molecule has 1 aromatic heterocycles. The number of fused-ring (bicyclic) bond motifs is 1. The van der Waals surface area contributed by atoms with Crippen molar-refractivity contribution in [3.05, 3.63) is 33.6 Å². The summed E-state index contributed by atoms with van der Waals surface area (Å²) >= 11 is 0. The molecule has 0 radical (unpaired) electrons. The molecule has 0 spiro atoms. The van der Waals surface area contributed by atoms with Crippen molar-refractivity contribution < 1.29 is 0 Å². The third-order valence-electron chi connectivity index (χ3n) is 2.26. The number of aromatic amines is 1. The van der Waals surface area contributed by atoms with Gasteiger partial charge in [0.25, 0.3) is 0 Å². The second-order valence-electron chi connectivity index (χ2n) is 3.19. The van der Waals surface area contributed by atoms with E-state index in [0.717, 1.165) is 12.4 Å². The van der Waals surface area contributed by atoms with Gasteiger partial charge >= 0.3 is 0 Å². The first-order chi connectivity index (χ1) is 6.74. The van der Waals surface area contributed by atoms with Crippen LogP contribution in [0.15, 0.2) is 17.1 Å². The number of H-pyrrole nitrogens is 1.